The van der Waals surface area contributed by atoms with Gasteiger partial charge in [0.1, 0.15) is 17.5 Å². The van der Waals surface area contributed by atoms with Gasteiger partial charge in [0, 0.05) is 17.7 Å². The van der Waals surface area contributed by atoms with Crippen LogP contribution in [0.15, 0.2) is 95.6 Å². The largest absolute Gasteiger partial charge is 0.497 e. The summed E-state index contributed by atoms with van der Waals surface area (Å²) in [6, 6.07) is 24.8. The Kier molecular flexibility index (Phi) is 7.47. The summed E-state index contributed by atoms with van der Waals surface area (Å²) < 4.78 is 16.0. The molecule has 0 saturated heterocycles. The lowest BCUT2D eigenvalue weighted by Crippen LogP contribution is -2.45. The van der Waals surface area contributed by atoms with Gasteiger partial charge in [-0.3, -0.25) is 9.59 Å². The van der Waals surface area contributed by atoms with E-state index in [2.05, 4.69) is 10.6 Å². The van der Waals surface area contributed by atoms with Crippen molar-refractivity contribution in [1.29, 1.82) is 0 Å². The summed E-state index contributed by atoms with van der Waals surface area (Å²) in [6.45, 7) is 0. The molecular weight excluding hydrogens is 444 g/mol. The van der Waals surface area contributed by atoms with Crippen molar-refractivity contribution < 1.29 is 23.5 Å². The number of ether oxygens (including phenoxy) is 2. The van der Waals surface area contributed by atoms with Crippen LogP contribution >= 0.6 is 0 Å². The molecule has 4 rings (SSSR count). The van der Waals surface area contributed by atoms with E-state index >= 15 is 0 Å². The Hall–Kier alpha value is -4.52. The summed E-state index contributed by atoms with van der Waals surface area (Å²) in [5, 5.41) is 5.72. The highest BCUT2D eigenvalue weighted by Gasteiger charge is 2.23. The van der Waals surface area contributed by atoms with Crippen molar-refractivity contribution in [3.05, 3.63) is 103 Å². The van der Waals surface area contributed by atoms with Gasteiger partial charge in [0.2, 0.25) is 5.91 Å². The van der Waals surface area contributed by atoms with Crippen LogP contribution in [-0.4, -0.2) is 32.1 Å². The van der Waals surface area contributed by atoms with Crippen LogP contribution in [0.2, 0.25) is 0 Å². The first kappa shape index (κ1) is 23.6. The molecule has 0 radical (unpaired) electrons. The minimum atomic E-state index is -0.818. The smallest absolute Gasteiger partial charge is 0.287 e. The standard InChI is InChI=1S/C28H26N2O5/c1-33-22-13-10-20(11-14-22)23-18-21(12-15-25(23)34-2)29-27(31)24(17-19-7-4-3-5-8-19)30-28(32)26-9-6-16-35-26/h3-16,18,24H,17H2,1-2H3,(H,29,31)(H,30,32)/t24-/m1/s1. The topological polar surface area (TPSA) is 89.8 Å². The van der Waals surface area contributed by atoms with Crippen LogP contribution in [0.4, 0.5) is 5.69 Å². The lowest BCUT2D eigenvalue weighted by atomic mass is 10.0. The normalized spacial score (nSPS) is 11.4. The van der Waals surface area contributed by atoms with Gasteiger partial charge in [-0.2, -0.15) is 0 Å². The van der Waals surface area contributed by atoms with E-state index in [-0.39, 0.29) is 11.7 Å². The third-order valence-corrected chi connectivity index (χ3v) is 5.52. The minimum Gasteiger partial charge on any atom is -0.497 e. The fourth-order valence-electron chi connectivity index (χ4n) is 3.71. The highest BCUT2D eigenvalue weighted by atomic mass is 16.5. The van der Waals surface area contributed by atoms with Crippen molar-refractivity contribution in [1.82, 2.24) is 5.32 Å². The van der Waals surface area contributed by atoms with Gasteiger partial charge in [-0.25, -0.2) is 0 Å². The molecular formula is C28H26N2O5. The number of carbonyl (C=O) groups excluding carboxylic acids is 2. The number of benzene rings is 3. The maximum absolute atomic E-state index is 13.3. The number of nitrogens with one attached hydrogen (secondary N) is 2. The summed E-state index contributed by atoms with van der Waals surface area (Å²) in [5.74, 6) is 0.745. The van der Waals surface area contributed by atoms with E-state index in [1.165, 1.54) is 6.26 Å². The van der Waals surface area contributed by atoms with Crippen molar-refractivity contribution in [2.24, 2.45) is 0 Å². The maximum atomic E-state index is 13.3. The lowest BCUT2D eigenvalue weighted by Gasteiger charge is -2.19. The second kappa shape index (κ2) is 11.1. The molecule has 1 aromatic heterocycles. The SMILES string of the molecule is COc1ccc(-c2cc(NC(=O)[C@@H](Cc3ccccc3)NC(=O)c3ccco3)ccc2OC)cc1. The van der Waals surface area contributed by atoms with E-state index < -0.39 is 11.9 Å². The predicted molar refractivity (Wildman–Crippen MR) is 134 cm³/mol. The second-order valence-electron chi connectivity index (χ2n) is 7.83. The number of carbonyl (C=O) groups is 2. The molecule has 1 atom stereocenters. The van der Waals surface area contributed by atoms with E-state index in [1.807, 2.05) is 60.7 Å². The van der Waals surface area contributed by atoms with Crippen LogP contribution in [0.25, 0.3) is 11.1 Å². The number of rotatable bonds is 9. The van der Waals surface area contributed by atoms with Crippen LogP contribution in [0.5, 0.6) is 11.5 Å². The Balaban J connectivity index is 1.57. The van der Waals surface area contributed by atoms with Crippen LogP contribution in [0, 0.1) is 0 Å². The van der Waals surface area contributed by atoms with Crippen LogP contribution in [0.3, 0.4) is 0 Å². The van der Waals surface area contributed by atoms with Gasteiger partial charge in [-0.05, 0) is 53.6 Å². The fourth-order valence-corrected chi connectivity index (χ4v) is 3.71. The summed E-state index contributed by atoms with van der Waals surface area (Å²) in [5.41, 5.74) is 3.21. The van der Waals surface area contributed by atoms with Gasteiger partial charge in [0.05, 0.1) is 20.5 Å². The van der Waals surface area contributed by atoms with Crippen LogP contribution in [0.1, 0.15) is 16.1 Å². The monoisotopic (exact) mass is 470 g/mol. The molecule has 7 nitrogen and oxygen atoms in total. The molecule has 0 aliphatic rings. The molecule has 2 amide bonds. The Morgan fingerprint density at radius 3 is 2.31 bits per heavy atom. The van der Waals surface area contributed by atoms with Gasteiger partial charge in [-0.15, -0.1) is 0 Å². The molecule has 0 bridgehead atoms. The molecule has 0 aliphatic carbocycles. The molecule has 0 unspecified atom stereocenters. The molecule has 2 N–H and O–H groups in total. The molecule has 1 heterocycles. The molecule has 178 valence electrons. The summed E-state index contributed by atoms with van der Waals surface area (Å²) in [4.78, 5) is 25.9. The van der Waals surface area contributed by atoms with Gasteiger partial charge >= 0.3 is 0 Å². The summed E-state index contributed by atoms with van der Waals surface area (Å²) >= 11 is 0. The molecule has 35 heavy (non-hydrogen) atoms. The van der Waals surface area contributed by atoms with E-state index in [0.29, 0.717) is 17.9 Å². The summed E-state index contributed by atoms with van der Waals surface area (Å²) in [7, 11) is 3.21. The molecule has 7 heteroatoms. The quantitative estimate of drug-likeness (QED) is 0.362. The first-order chi connectivity index (χ1) is 17.1. The number of amides is 2. The zero-order valence-corrected chi connectivity index (χ0v) is 19.5. The van der Waals surface area contributed by atoms with Crippen LogP contribution < -0.4 is 20.1 Å². The average Bonchev–Trinajstić information content (AvgIpc) is 3.44. The Morgan fingerprint density at radius 1 is 0.886 bits per heavy atom. The van der Waals surface area contributed by atoms with Crippen molar-refractivity contribution in [3.8, 4) is 22.6 Å². The lowest BCUT2D eigenvalue weighted by molar-refractivity contribution is -0.118. The van der Waals surface area contributed by atoms with E-state index in [0.717, 1.165) is 22.4 Å². The van der Waals surface area contributed by atoms with Crippen molar-refractivity contribution in [2.45, 2.75) is 12.5 Å². The maximum Gasteiger partial charge on any atom is 0.287 e. The van der Waals surface area contributed by atoms with Crippen molar-refractivity contribution >= 4 is 17.5 Å². The number of hydrogen-bond acceptors (Lipinski definition) is 5. The zero-order valence-electron chi connectivity index (χ0n) is 19.5. The third-order valence-electron chi connectivity index (χ3n) is 5.52. The molecule has 0 spiro atoms. The Labute approximate surface area is 203 Å². The van der Waals surface area contributed by atoms with Crippen LogP contribution in [-0.2, 0) is 11.2 Å². The first-order valence-corrected chi connectivity index (χ1v) is 11.1. The van der Waals surface area contributed by atoms with Crippen molar-refractivity contribution in [2.75, 3.05) is 19.5 Å². The molecule has 0 saturated carbocycles. The number of furan rings is 1. The Morgan fingerprint density at radius 2 is 1.66 bits per heavy atom. The second-order valence-corrected chi connectivity index (χ2v) is 7.83. The van der Waals surface area contributed by atoms with Gasteiger partial charge < -0.3 is 24.5 Å². The number of hydrogen-bond donors (Lipinski definition) is 2. The number of methoxy groups -OCH3 is 2. The van der Waals surface area contributed by atoms with Gasteiger partial charge in [0.25, 0.3) is 5.91 Å². The first-order valence-electron chi connectivity index (χ1n) is 11.1. The van der Waals surface area contributed by atoms with Gasteiger partial charge in [-0.1, -0.05) is 42.5 Å². The predicted octanol–water partition coefficient (Wildman–Crippen LogP) is 4.94. The van der Waals surface area contributed by atoms with Crippen molar-refractivity contribution in [3.63, 3.8) is 0 Å². The van der Waals surface area contributed by atoms with E-state index in [1.54, 1.807) is 38.5 Å². The molecule has 4 aromatic rings. The Bertz CT molecular complexity index is 1270. The molecule has 0 fully saturated rings. The van der Waals surface area contributed by atoms with E-state index in [4.69, 9.17) is 13.9 Å². The third kappa shape index (κ3) is 5.89. The molecule has 0 aliphatic heterocycles. The van der Waals surface area contributed by atoms with Gasteiger partial charge in [0.15, 0.2) is 5.76 Å². The zero-order chi connectivity index (χ0) is 24.6. The average molecular weight is 471 g/mol. The molecule has 3 aromatic carbocycles. The highest BCUT2D eigenvalue weighted by Crippen LogP contribution is 2.33. The van der Waals surface area contributed by atoms with E-state index in [9.17, 15) is 9.59 Å². The summed E-state index contributed by atoms with van der Waals surface area (Å²) in [6.07, 6.45) is 1.74. The fraction of sp³-hybridized carbons (Fsp3) is 0.143. The minimum absolute atomic E-state index is 0.141. The highest BCUT2D eigenvalue weighted by molar-refractivity contribution is 6.00. The number of anilines is 1.